The maximum absolute atomic E-state index is 16.2. The van der Waals surface area contributed by atoms with Crippen molar-refractivity contribution < 1.29 is 18.6 Å². The Morgan fingerprint density at radius 2 is 1.91 bits per heavy atom. The minimum atomic E-state index is -0.686. The molecule has 2 saturated heterocycles. The van der Waals surface area contributed by atoms with Gasteiger partial charge in [-0.25, -0.2) is 13.8 Å². The number of benzene rings is 2. The normalized spacial score (nSPS) is 22.2. The van der Waals surface area contributed by atoms with Gasteiger partial charge in [0.05, 0.1) is 28.5 Å². The van der Waals surface area contributed by atoms with Gasteiger partial charge in [0.25, 0.3) is 0 Å². The van der Waals surface area contributed by atoms with Crippen molar-refractivity contribution in [2.45, 2.75) is 31.0 Å². The summed E-state index contributed by atoms with van der Waals surface area (Å²) in [6.45, 7) is 1.32. The SMILES string of the molecule is COc1nc(N2C3CNCC2CC(O)C3)c2cc(Cl)c(-c3ccc(F)c4sc(N)nc34)c(F)c2n1. The first-order valence-electron chi connectivity index (χ1n) is 11.1. The van der Waals surface area contributed by atoms with Crippen molar-refractivity contribution in [3.63, 3.8) is 0 Å². The summed E-state index contributed by atoms with van der Waals surface area (Å²) in [4.78, 5) is 15.2. The number of methoxy groups -OCH3 is 1. The molecule has 0 spiro atoms. The smallest absolute Gasteiger partial charge is 0.318 e. The second kappa shape index (κ2) is 8.37. The van der Waals surface area contributed by atoms with Crippen LogP contribution in [-0.4, -0.2) is 58.4 Å². The Bertz CT molecular complexity index is 1470. The van der Waals surface area contributed by atoms with Gasteiger partial charge in [-0.1, -0.05) is 22.9 Å². The first-order chi connectivity index (χ1) is 16.9. The van der Waals surface area contributed by atoms with Crippen LogP contribution in [-0.2, 0) is 0 Å². The Kier molecular flexibility index (Phi) is 5.40. The zero-order chi connectivity index (χ0) is 24.4. The number of fused-ring (bicyclic) bond motifs is 4. The second-order valence-electron chi connectivity index (χ2n) is 8.80. The summed E-state index contributed by atoms with van der Waals surface area (Å²) < 4.78 is 36.1. The number of anilines is 2. The molecule has 0 aliphatic carbocycles. The molecule has 2 atom stereocenters. The van der Waals surface area contributed by atoms with Crippen molar-refractivity contribution in [2.24, 2.45) is 0 Å². The summed E-state index contributed by atoms with van der Waals surface area (Å²) in [6, 6.07) is 4.26. The molecule has 2 bridgehead atoms. The summed E-state index contributed by atoms with van der Waals surface area (Å²) in [6.07, 6.45) is 0.714. The number of rotatable bonds is 3. The number of hydrogen-bond donors (Lipinski definition) is 3. The number of piperidine rings is 1. The predicted molar refractivity (Wildman–Crippen MR) is 132 cm³/mol. The standard InChI is InChI=1S/C23H21ClF2N6O2S/c1-34-23-30-18-13(21(31-23)32-9-4-11(33)5-10(32)8-28-7-9)6-14(24)16(17(18)26)12-2-3-15(25)20-19(12)29-22(27)35-20/h2-3,6,9-11,28,33H,4-5,7-8H2,1H3,(H2,27,29). The van der Waals surface area contributed by atoms with Crippen LogP contribution < -0.4 is 20.7 Å². The fourth-order valence-electron chi connectivity index (χ4n) is 5.26. The van der Waals surface area contributed by atoms with E-state index in [0.29, 0.717) is 42.7 Å². The minimum absolute atomic E-state index is 0.0129. The lowest BCUT2D eigenvalue weighted by Gasteiger charge is -2.48. The highest BCUT2D eigenvalue weighted by molar-refractivity contribution is 7.22. The van der Waals surface area contributed by atoms with Crippen molar-refractivity contribution >= 4 is 55.0 Å². The van der Waals surface area contributed by atoms with E-state index in [0.717, 1.165) is 11.3 Å². The van der Waals surface area contributed by atoms with Crippen molar-refractivity contribution in [3.8, 4) is 17.1 Å². The van der Waals surface area contributed by atoms with Crippen molar-refractivity contribution in [3.05, 3.63) is 34.9 Å². The Labute approximate surface area is 207 Å². The molecule has 6 rings (SSSR count). The van der Waals surface area contributed by atoms with E-state index < -0.39 is 17.7 Å². The lowest BCUT2D eigenvalue weighted by Crippen LogP contribution is -2.62. The molecule has 12 heteroatoms. The third-order valence-electron chi connectivity index (χ3n) is 6.69. The van der Waals surface area contributed by atoms with Gasteiger partial charge >= 0.3 is 6.01 Å². The zero-order valence-electron chi connectivity index (χ0n) is 18.6. The molecule has 0 radical (unpaired) electrons. The number of halogens is 3. The molecule has 4 heterocycles. The van der Waals surface area contributed by atoms with E-state index in [1.807, 2.05) is 0 Å². The fraction of sp³-hybridized carbons (Fsp3) is 0.348. The van der Waals surface area contributed by atoms with Crippen molar-refractivity contribution in [1.29, 1.82) is 0 Å². The topological polar surface area (TPSA) is 109 Å². The molecule has 8 nitrogen and oxygen atoms in total. The molecule has 0 saturated carbocycles. The zero-order valence-corrected chi connectivity index (χ0v) is 20.1. The highest BCUT2D eigenvalue weighted by atomic mass is 35.5. The van der Waals surface area contributed by atoms with E-state index in [1.54, 1.807) is 6.07 Å². The quantitative estimate of drug-likeness (QED) is 0.376. The molecule has 2 aliphatic rings. The number of aliphatic hydroxyl groups is 1. The molecule has 0 amide bonds. The van der Waals surface area contributed by atoms with Gasteiger partial charge in [-0.3, -0.25) is 0 Å². The predicted octanol–water partition coefficient (Wildman–Crippen LogP) is 3.73. The largest absolute Gasteiger partial charge is 0.467 e. The van der Waals surface area contributed by atoms with Gasteiger partial charge in [0.2, 0.25) is 0 Å². The highest BCUT2D eigenvalue weighted by Crippen LogP contribution is 2.43. The monoisotopic (exact) mass is 518 g/mol. The van der Waals surface area contributed by atoms with Gasteiger partial charge < -0.3 is 25.8 Å². The van der Waals surface area contributed by atoms with E-state index in [4.69, 9.17) is 22.1 Å². The number of hydrogen-bond acceptors (Lipinski definition) is 9. The minimum Gasteiger partial charge on any atom is -0.467 e. The van der Waals surface area contributed by atoms with Crippen LogP contribution in [0.3, 0.4) is 0 Å². The number of ether oxygens (including phenoxy) is 1. The number of nitrogens with two attached hydrogens (primary N) is 1. The maximum atomic E-state index is 16.2. The van der Waals surface area contributed by atoms with E-state index in [9.17, 15) is 9.50 Å². The Morgan fingerprint density at radius 3 is 2.63 bits per heavy atom. The van der Waals surface area contributed by atoms with Crippen LogP contribution in [0.4, 0.5) is 19.7 Å². The first kappa shape index (κ1) is 22.6. The molecule has 2 unspecified atom stereocenters. The number of aromatic nitrogens is 3. The second-order valence-corrected chi connectivity index (χ2v) is 10.2. The van der Waals surface area contributed by atoms with Crippen LogP contribution in [0.2, 0.25) is 5.02 Å². The van der Waals surface area contributed by atoms with E-state index in [1.165, 1.54) is 19.2 Å². The molecule has 35 heavy (non-hydrogen) atoms. The fourth-order valence-corrected chi connectivity index (χ4v) is 6.32. The summed E-state index contributed by atoms with van der Waals surface area (Å²) in [5.41, 5.74) is 6.46. The van der Waals surface area contributed by atoms with Gasteiger partial charge in [0.1, 0.15) is 17.2 Å². The summed E-state index contributed by atoms with van der Waals surface area (Å²) in [7, 11) is 1.42. The Hall–Kier alpha value is -2.86. The van der Waals surface area contributed by atoms with E-state index >= 15 is 4.39 Å². The van der Waals surface area contributed by atoms with Crippen LogP contribution in [0.1, 0.15) is 12.8 Å². The van der Waals surface area contributed by atoms with Gasteiger partial charge in [-0.05, 0) is 31.0 Å². The molecule has 2 aromatic carbocycles. The van der Waals surface area contributed by atoms with Gasteiger partial charge in [0.15, 0.2) is 10.9 Å². The molecule has 4 aromatic rings. The summed E-state index contributed by atoms with van der Waals surface area (Å²) in [5, 5.41) is 14.4. The summed E-state index contributed by atoms with van der Waals surface area (Å²) >= 11 is 7.66. The van der Waals surface area contributed by atoms with Crippen LogP contribution in [0.15, 0.2) is 18.2 Å². The van der Waals surface area contributed by atoms with Crippen LogP contribution >= 0.6 is 22.9 Å². The lowest BCUT2D eigenvalue weighted by molar-refractivity contribution is 0.0976. The van der Waals surface area contributed by atoms with E-state index in [2.05, 4.69) is 25.2 Å². The van der Waals surface area contributed by atoms with Crippen LogP contribution in [0.25, 0.3) is 32.2 Å². The maximum Gasteiger partial charge on any atom is 0.318 e. The van der Waals surface area contributed by atoms with Crippen molar-refractivity contribution in [1.82, 2.24) is 20.3 Å². The number of piperazine rings is 1. The number of nitrogens with zero attached hydrogens (tertiary/aromatic N) is 4. The first-order valence-corrected chi connectivity index (χ1v) is 12.3. The number of nitrogen functional groups attached to an aromatic ring is 1. The number of aliphatic hydroxyl groups excluding tert-OH is 1. The molecular weight excluding hydrogens is 498 g/mol. The average Bonchev–Trinajstić information content (AvgIpc) is 3.22. The number of nitrogens with one attached hydrogen (secondary N) is 1. The number of thiazole rings is 1. The third kappa shape index (κ3) is 3.56. The molecule has 2 aliphatic heterocycles. The highest BCUT2D eigenvalue weighted by Gasteiger charge is 2.40. The Balaban J connectivity index is 1.60. The lowest BCUT2D eigenvalue weighted by atomic mass is 9.89. The Morgan fingerprint density at radius 1 is 1.17 bits per heavy atom. The van der Waals surface area contributed by atoms with E-state index in [-0.39, 0.29) is 49.5 Å². The van der Waals surface area contributed by atoms with Gasteiger partial charge in [0, 0.05) is 41.7 Å². The molecule has 2 fully saturated rings. The van der Waals surface area contributed by atoms with Gasteiger partial charge in [-0.15, -0.1) is 0 Å². The van der Waals surface area contributed by atoms with Crippen molar-refractivity contribution in [2.75, 3.05) is 30.8 Å². The molecule has 4 N–H and O–H groups in total. The van der Waals surface area contributed by atoms with Crippen LogP contribution in [0.5, 0.6) is 6.01 Å². The molecule has 182 valence electrons. The molecular formula is C23H21ClF2N6O2S. The van der Waals surface area contributed by atoms with Crippen LogP contribution in [0, 0.1) is 11.6 Å². The summed E-state index contributed by atoms with van der Waals surface area (Å²) in [5.74, 6) is -0.673. The molecule has 2 aromatic heterocycles. The third-order valence-corrected chi connectivity index (χ3v) is 7.88. The van der Waals surface area contributed by atoms with Gasteiger partial charge in [-0.2, -0.15) is 9.97 Å². The average molecular weight is 519 g/mol.